The maximum atomic E-state index is 9.59. The van der Waals surface area contributed by atoms with Crippen molar-refractivity contribution < 1.29 is 32.7 Å². The molecule has 9 aromatic carbocycles. The van der Waals surface area contributed by atoms with Crippen molar-refractivity contribution in [3.63, 3.8) is 0 Å². The smallest absolute Gasteiger partial charge is 0.135 e. The number of benzene rings is 9. The molecule has 0 fully saturated rings. The van der Waals surface area contributed by atoms with Crippen molar-refractivity contribution in [1.29, 1.82) is 0 Å². The van der Waals surface area contributed by atoms with Crippen LogP contribution in [0.2, 0.25) is 0 Å². The minimum Gasteiger partial charge on any atom is -0.509 e. The molecule has 3 aliphatic rings. The number of hydrogen-bond donors (Lipinski definition) is 0. The Morgan fingerprint density at radius 2 is 0.901 bits per heavy atom. The molecule has 1 aromatic heterocycles. The van der Waals surface area contributed by atoms with Gasteiger partial charge in [0.2, 0.25) is 0 Å². The number of aromatic nitrogens is 1. The second-order valence-electron chi connectivity index (χ2n) is 31.2. The first-order chi connectivity index (χ1) is 44.5. The molecule has 13 rings (SSSR count). The number of nitrogens with zero attached hydrogens (tertiary/aromatic N) is 4. The van der Waals surface area contributed by atoms with Crippen molar-refractivity contribution in [3.8, 4) is 44.9 Å². The van der Waals surface area contributed by atoms with E-state index in [9.17, 15) is 2.74 Å². The summed E-state index contributed by atoms with van der Waals surface area (Å²) < 4.78 is 53.1. The van der Waals surface area contributed by atoms with Crippen molar-refractivity contribution in [2.45, 2.75) is 157 Å². The molecule has 3 aliphatic heterocycles. The van der Waals surface area contributed by atoms with Gasteiger partial charge in [-0.15, -0.1) is 47.9 Å². The van der Waals surface area contributed by atoms with Crippen LogP contribution in [0.5, 0.6) is 11.5 Å². The van der Waals surface area contributed by atoms with Crippen LogP contribution in [0.4, 0.5) is 39.9 Å². The van der Waals surface area contributed by atoms with Gasteiger partial charge in [-0.1, -0.05) is 245 Å². The quantitative estimate of drug-likeness (QED) is 0.117. The van der Waals surface area contributed by atoms with Gasteiger partial charge in [-0.05, 0) is 146 Å². The summed E-state index contributed by atoms with van der Waals surface area (Å²) in [4.78, 5) is 11.7. The Morgan fingerprint density at radius 3 is 1.47 bits per heavy atom. The summed E-state index contributed by atoms with van der Waals surface area (Å²) in [5.74, 6) is 1.81. The summed E-state index contributed by atoms with van der Waals surface area (Å²) in [6.45, 7) is 42.5. The average molecular weight is 1400 g/mol. The number of rotatable bonds is 7. The van der Waals surface area contributed by atoms with Gasteiger partial charge < -0.3 is 19.4 Å². The van der Waals surface area contributed by atoms with E-state index in [0.717, 1.165) is 56.4 Å². The van der Waals surface area contributed by atoms with E-state index in [2.05, 4.69) is 273 Å². The van der Waals surface area contributed by atoms with E-state index in [1.807, 2.05) is 49.3 Å². The molecular weight excluding hydrogens is 1300 g/mol. The molecule has 0 atom stereocenters. The molecule has 0 unspecified atom stereocenters. The van der Waals surface area contributed by atoms with E-state index in [1.54, 1.807) is 0 Å². The maximum Gasteiger partial charge on any atom is 0.135 e. The van der Waals surface area contributed by atoms with Gasteiger partial charge in [0.1, 0.15) is 13.9 Å². The first-order valence-corrected chi connectivity index (χ1v) is 33.8. The number of anilines is 7. The van der Waals surface area contributed by atoms with Gasteiger partial charge in [0.25, 0.3) is 0 Å². The molecular formula is C84H87N4OPtSi-3. The Kier molecular flexibility index (Phi) is 14.1. The van der Waals surface area contributed by atoms with E-state index in [-0.39, 0.29) is 65.8 Å². The summed E-state index contributed by atoms with van der Waals surface area (Å²) in [5.41, 5.74) is 16.0. The molecule has 4 heterocycles. The van der Waals surface area contributed by atoms with Crippen molar-refractivity contribution in [1.82, 2.24) is 4.98 Å². The average Bonchev–Trinajstić information content (AvgIpc) is 1.34. The number of fused-ring (bicyclic) bond motifs is 10. The minimum absolute atomic E-state index is 0. The topological polar surface area (TPSA) is 31.8 Å². The van der Waals surface area contributed by atoms with Gasteiger partial charge in [-0.25, -0.2) is 4.98 Å². The molecule has 0 amide bonds. The second kappa shape index (κ2) is 22.5. The molecule has 5 nitrogen and oxygen atoms in total. The van der Waals surface area contributed by atoms with Gasteiger partial charge in [0.15, 0.2) is 0 Å². The van der Waals surface area contributed by atoms with E-state index >= 15 is 0 Å². The Balaban J connectivity index is 0.00000881. The summed E-state index contributed by atoms with van der Waals surface area (Å²) in [6.07, 6.45) is 1.93. The molecule has 7 heteroatoms. The van der Waals surface area contributed by atoms with Gasteiger partial charge >= 0.3 is 0 Å². The zero-order valence-corrected chi connectivity index (χ0v) is 59.5. The van der Waals surface area contributed by atoms with Crippen molar-refractivity contribution >= 4 is 68.8 Å². The maximum absolute atomic E-state index is 9.59. The van der Waals surface area contributed by atoms with E-state index in [0.29, 0.717) is 28.4 Å². The Hall–Kier alpha value is -7.76. The molecule has 91 heavy (non-hydrogen) atoms. The fourth-order valence-electron chi connectivity index (χ4n) is 13.4. The van der Waals surface area contributed by atoms with Crippen LogP contribution in [-0.2, 0) is 53.6 Å². The van der Waals surface area contributed by atoms with Crippen LogP contribution in [0.1, 0.15) is 165 Å². The van der Waals surface area contributed by atoms with Crippen LogP contribution in [0.25, 0.3) is 33.4 Å². The van der Waals surface area contributed by atoms with Crippen LogP contribution in [0.3, 0.4) is 0 Å². The van der Waals surface area contributed by atoms with Crippen LogP contribution in [0, 0.1) is 18.8 Å². The van der Waals surface area contributed by atoms with Gasteiger partial charge in [0.05, 0.1) is 6.85 Å². The van der Waals surface area contributed by atoms with Gasteiger partial charge in [-0.3, -0.25) is 0 Å². The van der Waals surface area contributed by atoms with E-state index in [4.69, 9.17) is 13.8 Å². The third kappa shape index (κ3) is 11.2. The van der Waals surface area contributed by atoms with Crippen molar-refractivity contribution in [3.05, 3.63) is 246 Å². The molecule has 466 valence electrons. The molecule has 10 aromatic rings. The molecule has 0 saturated heterocycles. The fraction of sp³-hybridized carbons (Fsp3) is 0.286. The molecule has 1 spiro atoms. The van der Waals surface area contributed by atoms with Crippen LogP contribution in [-0.4, -0.2) is 13.1 Å². The standard InChI is InChI=1S/C84H87N4OSi.Pt/c1-79(2,3)56-35-38-73-67(46-56)68-47-57(80(4,5)6)36-39-74(68)90(73)75-34-25-24-33-71(75)88(77-50-58(41-42-85-77)81(7,8)9)72-52-64(37-40-76(72)90)89-63-30-26-29-62(51-63)86-53-87(70-32-23-22-31-69(70)86)78-65(54-27-20-19-21-28-54)48-61(84(16,17)18)49-66(78)55-43-59(82(10,11)12)45-60(44-55)83(13,14)15;/h19-50,53H,1-18H3;/q-3;/i19D,20D,21D,27D,28D;. The van der Waals surface area contributed by atoms with Crippen molar-refractivity contribution in [2.75, 3.05) is 14.7 Å². The third-order valence-corrected chi connectivity index (χ3v) is 23.5. The molecule has 0 radical (unpaired) electrons. The molecule has 0 bridgehead atoms. The number of para-hydroxylation sites is 3. The Morgan fingerprint density at radius 1 is 0.418 bits per heavy atom. The summed E-state index contributed by atoms with van der Waals surface area (Å²) in [5, 5.41) is 5.23. The largest absolute Gasteiger partial charge is 0.509 e. The first kappa shape index (κ1) is 57.2. The molecule has 0 aliphatic carbocycles. The second-order valence-corrected chi connectivity index (χ2v) is 34.8. The Labute approximate surface area is 565 Å². The van der Waals surface area contributed by atoms with Crippen LogP contribution >= 0.6 is 0 Å². The van der Waals surface area contributed by atoms with Gasteiger partial charge in [0, 0.05) is 72.6 Å². The van der Waals surface area contributed by atoms with E-state index < -0.39 is 31.6 Å². The number of pyridine rings is 1. The molecule has 0 N–H and O–H groups in total. The van der Waals surface area contributed by atoms with Crippen LogP contribution < -0.4 is 40.2 Å². The van der Waals surface area contributed by atoms with E-state index in [1.165, 1.54) is 48.6 Å². The first-order valence-electron chi connectivity index (χ1n) is 34.3. The fourth-order valence-corrected chi connectivity index (χ4v) is 18.8. The minimum atomic E-state index is -3.13. The number of ether oxygens (including phenoxy) is 1. The summed E-state index contributed by atoms with van der Waals surface area (Å²) in [6, 6.07) is 63.5. The van der Waals surface area contributed by atoms with Crippen LogP contribution in [0.15, 0.2) is 194 Å². The normalized spacial score (nSPS) is 15.1. The van der Waals surface area contributed by atoms with Gasteiger partial charge in [-0.2, -0.15) is 12.1 Å². The SMILES string of the molecule is [2H]c1c([2H])c([2H])c(-c2cc(C(C)(C)C)cc(-c3cc(C(C)(C)C)cc(C(C)(C)C)c3)c2N2[CH-]N(c3[c-]c(Oc4[c-]c5c(cc4)[Si]4(c6ccc(C(C)(C)C)cc6-c6cc(C(C)(C)C)ccc64)c4ccccc4N5c4cc(C(C)(C)C)ccn4)ccc3)c3ccccc32)c([2H])c1[2H].[Pt]. The zero-order chi connectivity index (χ0) is 68.2. The Bertz CT molecular complexity index is 4660. The third-order valence-electron chi connectivity index (χ3n) is 18.6. The number of hydrogen-bond acceptors (Lipinski definition) is 5. The molecule has 0 saturated carbocycles. The summed E-state index contributed by atoms with van der Waals surface area (Å²) >= 11 is 0. The predicted molar refractivity (Wildman–Crippen MR) is 384 cm³/mol. The zero-order valence-electron chi connectivity index (χ0n) is 61.2. The predicted octanol–water partition coefficient (Wildman–Crippen LogP) is 20.1. The monoisotopic (exact) mass is 1400 g/mol. The summed E-state index contributed by atoms with van der Waals surface area (Å²) in [7, 11) is -3.13. The van der Waals surface area contributed by atoms with Crippen molar-refractivity contribution in [2.24, 2.45) is 0 Å².